The maximum Gasteiger partial charge on any atom is 0.0571 e. The van der Waals surface area contributed by atoms with E-state index in [1.165, 1.54) is 51.4 Å². The Bertz CT molecular complexity index is 286. The van der Waals surface area contributed by atoms with Gasteiger partial charge in [-0.05, 0) is 80.5 Å². The molecule has 2 bridgehead atoms. The first kappa shape index (κ1) is 13.0. The third kappa shape index (κ3) is 2.61. The summed E-state index contributed by atoms with van der Waals surface area (Å²) in [6.45, 7) is 4.76. The highest BCUT2D eigenvalue weighted by atomic mass is 16.3. The lowest BCUT2D eigenvalue weighted by molar-refractivity contribution is 0.0332. The number of rotatable bonds is 3. The van der Waals surface area contributed by atoms with Gasteiger partial charge >= 0.3 is 0 Å². The van der Waals surface area contributed by atoms with Crippen molar-refractivity contribution in [2.75, 3.05) is 0 Å². The first-order valence-electron chi connectivity index (χ1n) is 8.21. The van der Waals surface area contributed by atoms with Crippen LogP contribution in [0.3, 0.4) is 0 Å². The zero-order chi connectivity index (χ0) is 12.8. The molecule has 3 saturated carbocycles. The molecule has 0 spiro atoms. The molecule has 1 heteroatoms. The van der Waals surface area contributed by atoms with E-state index >= 15 is 0 Å². The molecule has 1 nitrogen and oxygen atoms in total. The van der Waals surface area contributed by atoms with Crippen LogP contribution in [0, 0.1) is 29.1 Å². The second-order valence-electron chi connectivity index (χ2n) is 8.24. The molecule has 4 atom stereocenters. The van der Waals surface area contributed by atoms with Crippen LogP contribution in [-0.2, 0) is 0 Å². The van der Waals surface area contributed by atoms with E-state index in [4.69, 9.17) is 0 Å². The third-order valence-electron chi connectivity index (χ3n) is 6.36. The van der Waals surface area contributed by atoms with Crippen molar-refractivity contribution >= 4 is 0 Å². The van der Waals surface area contributed by atoms with E-state index in [9.17, 15) is 5.11 Å². The summed E-state index contributed by atoms with van der Waals surface area (Å²) in [5, 5.41) is 10.5. The summed E-state index contributed by atoms with van der Waals surface area (Å²) < 4.78 is 0. The standard InChI is InChI=1S/C17H30O/c1-17(2)7-5-13(6-8-17)16(18)11-15-10-12-3-4-14(15)9-12/h12-16,18H,3-11H2,1-2H3. The maximum absolute atomic E-state index is 10.5. The summed E-state index contributed by atoms with van der Waals surface area (Å²) in [5.41, 5.74) is 0.530. The van der Waals surface area contributed by atoms with Crippen molar-refractivity contribution < 1.29 is 5.11 Å². The molecule has 3 aliphatic rings. The predicted molar refractivity (Wildman–Crippen MR) is 75.3 cm³/mol. The van der Waals surface area contributed by atoms with E-state index in [1.54, 1.807) is 0 Å². The fourth-order valence-corrected chi connectivity index (χ4v) is 4.97. The molecule has 3 fully saturated rings. The minimum absolute atomic E-state index is 0.00505. The van der Waals surface area contributed by atoms with E-state index in [-0.39, 0.29) is 6.10 Å². The number of hydrogen-bond acceptors (Lipinski definition) is 1. The van der Waals surface area contributed by atoms with E-state index in [0.29, 0.717) is 11.3 Å². The molecule has 0 saturated heterocycles. The van der Waals surface area contributed by atoms with Crippen molar-refractivity contribution in [3.05, 3.63) is 0 Å². The molecule has 18 heavy (non-hydrogen) atoms. The average Bonchev–Trinajstić information content (AvgIpc) is 2.90. The van der Waals surface area contributed by atoms with Gasteiger partial charge in [0.25, 0.3) is 0 Å². The number of fused-ring (bicyclic) bond motifs is 2. The Morgan fingerprint density at radius 2 is 1.78 bits per heavy atom. The van der Waals surface area contributed by atoms with Crippen LogP contribution in [0.5, 0.6) is 0 Å². The van der Waals surface area contributed by atoms with Crippen LogP contribution in [0.25, 0.3) is 0 Å². The monoisotopic (exact) mass is 250 g/mol. The Kier molecular flexibility index (Phi) is 3.47. The van der Waals surface area contributed by atoms with Crippen LogP contribution in [0.15, 0.2) is 0 Å². The van der Waals surface area contributed by atoms with E-state index < -0.39 is 0 Å². The first-order valence-corrected chi connectivity index (χ1v) is 8.21. The van der Waals surface area contributed by atoms with Crippen molar-refractivity contribution in [2.24, 2.45) is 29.1 Å². The highest BCUT2D eigenvalue weighted by molar-refractivity contribution is 4.92. The Balaban J connectivity index is 1.48. The zero-order valence-corrected chi connectivity index (χ0v) is 12.2. The number of aliphatic hydroxyl groups excluding tert-OH is 1. The number of aliphatic hydroxyl groups is 1. The maximum atomic E-state index is 10.5. The fourth-order valence-electron chi connectivity index (χ4n) is 4.97. The summed E-state index contributed by atoms with van der Waals surface area (Å²) in [4.78, 5) is 0. The van der Waals surface area contributed by atoms with Crippen LogP contribution in [0.2, 0.25) is 0 Å². The van der Waals surface area contributed by atoms with E-state index in [0.717, 1.165) is 24.2 Å². The normalized spacial score (nSPS) is 41.2. The zero-order valence-electron chi connectivity index (χ0n) is 12.2. The van der Waals surface area contributed by atoms with Crippen molar-refractivity contribution in [1.29, 1.82) is 0 Å². The molecule has 0 aromatic rings. The van der Waals surface area contributed by atoms with Crippen molar-refractivity contribution in [1.82, 2.24) is 0 Å². The quantitative estimate of drug-likeness (QED) is 0.787. The molecule has 0 aromatic heterocycles. The SMILES string of the molecule is CC1(C)CCC(C(O)CC2CC3CCC2C3)CC1. The van der Waals surface area contributed by atoms with Gasteiger partial charge in [0.15, 0.2) is 0 Å². The molecule has 4 unspecified atom stereocenters. The van der Waals surface area contributed by atoms with Crippen LogP contribution in [0.4, 0.5) is 0 Å². The molecule has 1 N–H and O–H groups in total. The lowest BCUT2D eigenvalue weighted by Gasteiger charge is -2.37. The summed E-state index contributed by atoms with van der Waals surface area (Å²) in [6.07, 6.45) is 12.1. The first-order chi connectivity index (χ1) is 8.53. The summed E-state index contributed by atoms with van der Waals surface area (Å²) in [7, 11) is 0. The van der Waals surface area contributed by atoms with Gasteiger partial charge < -0.3 is 5.11 Å². The minimum Gasteiger partial charge on any atom is -0.393 e. The van der Waals surface area contributed by atoms with Crippen molar-refractivity contribution in [3.63, 3.8) is 0 Å². The average molecular weight is 250 g/mol. The van der Waals surface area contributed by atoms with Crippen molar-refractivity contribution in [2.45, 2.75) is 77.7 Å². The Hall–Kier alpha value is -0.0400. The lowest BCUT2D eigenvalue weighted by atomic mass is 9.70. The third-order valence-corrected chi connectivity index (χ3v) is 6.36. The van der Waals surface area contributed by atoms with Crippen molar-refractivity contribution in [3.8, 4) is 0 Å². The molecule has 0 amide bonds. The predicted octanol–water partition coefficient (Wildman–Crippen LogP) is 4.39. The highest BCUT2D eigenvalue weighted by Crippen LogP contribution is 2.51. The van der Waals surface area contributed by atoms with Gasteiger partial charge in [0, 0.05) is 0 Å². The Morgan fingerprint density at radius 3 is 2.33 bits per heavy atom. The Labute approximate surface area is 112 Å². The summed E-state index contributed by atoms with van der Waals surface area (Å²) in [6, 6.07) is 0. The molecule has 3 rings (SSSR count). The molecule has 3 aliphatic carbocycles. The molecule has 0 aliphatic heterocycles. The van der Waals surface area contributed by atoms with Crippen LogP contribution >= 0.6 is 0 Å². The lowest BCUT2D eigenvalue weighted by Crippen LogP contribution is -2.31. The van der Waals surface area contributed by atoms with Gasteiger partial charge in [-0.3, -0.25) is 0 Å². The largest absolute Gasteiger partial charge is 0.393 e. The van der Waals surface area contributed by atoms with Gasteiger partial charge in [-0.1, -0.05) is 20.3 Å². The minimum atomic E-state index is 0.00505. The molecular weight excluding hydrogens is 220 g/mol. The highest BCUT2D eigenvalue weighted by Gasteiger charge is 2.41. The van der Waals surface area contributed by atoms with E-state index in [2.05, 4.69) is 13.8 Å². The van der Waals surface area contributed by atoms with Crippen LogP contribution < -0.4 is 0 Å². The smallest absolute Gasteiger partial charge is 0.0571 e. The van der Waals surface area contributed by atoms with Gasteiger partial charge in [0.1, 0.15) is 0 Å². The topological polar surface area (TPSA) is 20.2 Å². The molecule has 0 aromatic carbocycles. The molecule has 0 heterocycles. The second-order valence-corrected chi connectivity index (χ2v) is 8.24. The van der Waals surface area contributed by atoms with Crippen LogP contribution in [-0.4, -0.2) is 11.2 Å². The summed E-state index contributed by atoms with van der Waals surface area (Å²) >= 11 is 0. The van der Waals surface area contributed by atoms with Gasteiger partial charge in [-0.15, -0.1) is 0 Å². The molecule has 104 valence electrons. The van der Waals surface area contributed by atoms with Gasteiger partial charge in [-0.2, -0.15) is 0 Å². The van der Waals surface area contributed by atoms with Gasteiger partial charge in [0.05, 0.1) is 6.10 Å². The Morgan fingerprint density at radius 1 is 1.06 bits per heavy atom. The summed E-state index contributed by atoms with van der Waals surface area (Å²) in [5.74, 6) is 3.48. The van der Waals surface area contributed by atoms with Gasteiger partial charge in [0.2, 0.25) is 0 Å². The van der Waals surface area contributed by atoms with Crippen LogP contribution in [0.1, 0.15) is 71.6 Å². The van der Waals surface area contributed by atoms with E-state index in [1.807, 2.05) is 0 Å². The molecular formula is C17H30O. The second kappa shape index (κ2) is 4.81. The molecule has 0 radical (unpaired) electrons. The fraction of sp³-hybridized carbons (Fsp3) is 1.00. The van der Waals surface area contributed by atoms with Gasteiger partial charge in [-0.25, -0.2) is 0 Å². The number of hydrogen-bond donors (Lipinski definition) is 1.